The summed E-state index contributed by atoms with van der Waals surface area (Å²) in [5, 5.41) is 0.519. The minimum Gasteiger partial charge on any atom is -0.459 e. The number of carbonyl (C=O) groups excluding carboxylic acids is 2. The number of hydrogen-bond donors (Lipinski definition) is 1. The lowest BCUT2D eigenvalue weighted by atomic mass is 10.3. The second-order valence-corrected chi connectivity index (χ2v) is 7.49. The third-order valence-corrected chi connectivity index (χ3v) is 4.29. The number of carbonyl (C=O) groups is 2. The second-order valence-electron chi connectivity index (χ2n) is 5.13. The van der Waals surface area contributed by atoms with Crippen LogP contribution in [0, 0.1) is 0 Å². The summed E-state index contributed by atoms with van der Waals surface area (Å²) < 4.78 is 39.6. The normalized spacial score (nSPS) is 11.8. The van der Waals surface area contributed by atoms with E-state index in [1.165, 1.54) is 30.3 Å². The van der Waals surface area contributed by atoms with Gasteiger partial charge >= 0.3 is 22.4 Å². The van der Waals surface area contributed by atoms with E-state index in [1.807, 2.05) is 0 Å². The molecule has 8 nitrogen and oxygen atoms in total. The number of allylic oxidation sites excluding steroid dienone is 1. The van der Waals surface area contributed by atoms with Gasteiger partial charge in [-0.1, -0.05) is 33.1 Å². The highest BCUT2D eigenvalue weighted by Crippen LogP contribution is 2.16. The van der Waals surface area contributed by atoms with Crippen LogP contribution in [0.1, 0.15) is 13.8 Å². The highest BCUT2D eigenvalue weighted by molar-refractivity contribution is 9.09. The van der Waals surface area contributed by atoms with Crippen LogP contribution in [0.15, 0.2) is 35.9 Å². The molecule has 1 N–H and O–H groups in total. The van der Waals surface area contributed by atoms with Gasteiger partial charge in [0.1, 0.15) is 18.5 Å². The molecule has 144 valence electrons. The van der Waals surface area contributed by atoms with Crippen molar-refractivity contribution in [3.05, 3.63) is 40.9 Å². The summed E-state index contributed by atoms with van der Waals surface area (Å²) in [6.07, 6.45) is -0.896. The van der Waals surface area contributed by atoms with Crippen molar-refractivity contribution in [2.24, 2.45) is 0 Å². The number of nitrogens with one attached hydrogen (secondary N) is 1. The number of benzene rings is 1. The first kappa shape index (κ1) is 22.3. The van der Waals surface area contributed by atoms with Gasteiger partial charge < -0.3 is 13.7 Å². The summed E-state index contributed by atoms with van der Waals surface area (Å²) in [6, 6.07) is 5.48. The molecule has 11 heteroatoms. The van der Waals surface area contributed by atoms with E-state index < -0.39 is 28.5 Å². The Bertz CT molecular complexity index is 761. The third-order valence-electron chi connectivity index (χ3n) is 2.49. The highest BCUT2D eigenvalue weighted by atomic mass is 79.9. The number of esters is 1. The van der Waals surface area contributed by atoms with Gasteiger partial charge in [-0.05, 0) is 38.1 Å². The predicted octanol–water partition coefficient (Wildman–Crippen LogP) is 2.96. The predicted molar refractivity (Wildman–Crippen MR) is 98.6 cm³/mol. The van der Waals surface area contributed by atoms with Crippen molar-refractivity contribution in [2.75, 3.05) is 11.9 Å². The standard InChI is InChI=1S/C15H17BrClNO7S/c1-10(2)7-14(19)23-9-13(8-16)24-15(20)18-26(21,22)25-12-5-3-11(17)4-6-12/h3-7,13H,8-9H2,1-2H3,(H,18,20). The molecule has 0 fully saturated rings. The van der Waals surface area contributed by atoms with Gasteiger partial charge in [-0.15, -0.1) is 0 Å². The molecule has 0 heterocycles. The van der Waals surface area contributed by atoms with Crippen molar-refractivity contribution in [3.63, 3.8) is 0 Å². The zero-order valence-corrected chi connectivity index (χ0v) is 17.1. The van der Waals surface area contributed by atoms with Crippen LogP contribution in [0.3, 0.4) is 0 Å². The van der Waals surface area contributed by atoms with E-state index in [9.17, 15) is 18.0 Å². The first-order valence-electron chi connectivity index (χ1n) is 7.17. The van der Waals surface area contributed by atoms with Crippen LogP contribution in [0.25, 0.3) is 0 Å². The molecule has 0 bridgehead atoms. The quantitative estimate of drug-likeness (QED) is 0.353. The summed E-state index contributed by atoms with van der Waals surface area (Å²) in [5.74, 6) is -0.638. The molecule has 1 unspecified atom stereocenters. The van der Waals surface area contributed by atoms with Gasteiger partial charge in [-0.2, -0.15) is 13.1 Å². The van der Waals surface area contributed by atoms with Crippen LogP contribution in [0.5, 0.6) is 5.75 Å². The van der Waals surface area contributed by atoms with Crippen molar-refractivity contribution in [1.82, 2.24) is 4.72 Å². The lowest BCUT2D eigenvalue weighted by Gasteiger charge is -2.15. The van der Waals surface area contributed by atoms with Crippen LogP contribution in [0.4, 0.5) is 4.79 Å². The molecule has 1 rings (SSSR count). The van der Waals surface area contributed by atoms with Gasteiger partial charge in [0.25, 0.3) is 0 Å². The Labute approximate surface area is 164 Å². The van der Waals surface area contributed by atoms with E-state index in [0.29, 0.717) is 5.02 Å². The van der Waals surface area contributed by atoms with Crippen LogP contribution in [0.2, 0.25) is 5.02 Å². The van der Waals surface area contributed by atoms with E-state index >= 15 is 0 Å². The SMILES string of the molecule is CC(C)=CC(=O)OCC(CBr)OC(=O)NS(=O)(=O)Oc1ccc(Cl)cc1. The third kappa shape index (κ3) is 9.07. The average molecular weight is 471 g/mol. The van der Waals surface area contributed by atoms with Gasteiger partial charge in [0.2, 0.25) is 0 Å². The topological polar surface area (TPSA) is 108 Å². The summed E-state index contributed by atoms with van der Waals surface area (Å²) >= 11 is 8.76. The number of rotatable bonds is 8. The van der Waals surface area contributed by atoms with Crippen molar-refractivity contribution in [1.29, 1.82) is 0 Å². The molecule has 1 amide bonds. The fourth-order valence-electron chi connectivity index (χ4n) is 1.48. The Kier molecular flexibility index (Phi) is 8.89. The smallest absolute Gasteiger partial charge is 0.423 e. The first-order valence-corrected chi connectivity index (χ1v) is 10.1. The van der Waals surface area contributed by atoms with Crippen LogP contribution in [-0.4, -0.2) is 38.5 Å². The molecular weight excluding hydrogens is 454 g/mol. The van der Waals surface area contributed by atoms with Gasteiger partial charge in [0, 0.05) is 16.4 Å². The lowest BCUT2D eigenvalue weighted by molar-refractivity contribution is -0.140. The van der Waals surface area contributed by atoms with Gasteiger partial charge in [-0.25, -0.2) is 9.59 Å². The molecule has 0 aliphatic rings. The molecule has 0 aliphatic heterocycles. The summed E-state index contributed by atoms with van der Waals surface area (Å²) in [7, 11) is -4.45. The molecular formula is C15H17BrClNO7S. The summed E-state index contributed by atoms with van der Waals surface area (Å²) in [4.78, 5) is 23.1. The zero-order valence-electron chi connectivity index (χ0n) is 13.9. The van der Waals surface area contributed by atoms with E-state index in [1.54, 1.807) is 18.6 Å². The Morgan fingerprint density at radius 3 is 2.42 bits per heavy atom. The minimum atomic E-state index is -4.45. The van der Waals surface area contributed by atoms with E-state index in [0.717, 1.165) is 5.57 Å². The molecule has 26 heavy (non-hydrogen) atoms. The van der Waals surface area contributed by atoms with E-state index in [4.69, 9.17) is 21.1 Å². The van der Waals surface area contributed by atoms with Gasteiger partial charge in [0.15, 0.2) is 0 Å². The van der Waals surface area contributed by atoms with Crippen molar-refractivity contribution < 1.29 is 31.7 Å². The van der Waals surface area contributed by atoms with Crippen molar-refractivity contribution in [3.8, 4) is 5.75 Å². The fourth-order valence-corrected chi connectivity index (χ4v) is 2.58. The number of ether oxygens (including phenoxy) is 2. The molecule has 0 aliphatic carbocycles. The largest absolute Gasteiger partial charge is 0.459 e. The van der Waals surface area contributed by atoms with Crippen molar-refractivity contribution in [2.45, 2.75) is 20.0 Å². The van der Waals surface area contributed by atoms with E-state index in [2.05, 4.69) is 20.1 Å². The lowest BCUT2D eigenvalue weighted by Crippen LogP contribution is -2.38. The minimum absolute atomic E-state index is 0.0394. The highest BCUT2D eigenvalue weighted by Gasteiger charge is 2.22. The number of hydrogen-bond acceptors (Lipinski definition) is 7. The molecule has 0 spiro atoms. The summed E-state index contributed by atoms with van der Waals surface area (Å²) in [6.45, 7) is 3.19. The van der Waals surface area contributed by atoms with Crippen molar-refractivity contribution >= 4 is 49.9 Å². The Hall–Kier alpha value is -1.78. The maximum absolute atomic E-state index is 11.8. The molecule has 1 aromatic rings. The number of amides is 1. The molecule has 0 aromatic heterocycles. The monoisotopic (exact) mass is 469 g/mol. The maximum atomic E-state index is 11.8. The molecule has 0 radical (unpaired) electrons. The molecule has 1 atom stereocenters. The number of halogens is 2. The second kappa shape index (κ2) is 10.4. The Morgan fingerprint density at radius 1 is 1.27 bits per heavy atom. The van der Waals surface area contributed by atoms with Gasteiger partial charge in [0.05, 0.1) is 0 Å². The molecule has 0 saturated heterocycles. The first-order chi connectivity index (χ1) is 12.1. The summed E-state index contributed by atoms with van der Waals surface area (Å²) in [5.41, 5.74) is 0.745. The maximum Gasteiger partial charge on any atom is 0.423 e. The zero-order chi connectivity index (χ0) is 19.7. The van der Waals surface area contributed by atoms with E-state index in [-0.39, 0.29) is 17.7 Å². The molecule has 0 saturated carbocycles. The van der Waals surface area contributed by atoms with Crippen LogP contribution >= 0.6 is 27.5 Å². The Morgan fingerprint density at radius 2 is 1.88 bits per heavy atom. The van der Waals surface area contributed by atoms with Crippen LogP contribution < -0.4 is 8.91 Å². The average Bonchev–Trinajstić information content (AvgIpc) is 2.52. The Balaban J connectivity index is 2.55. The van der Waals surface area contributed by atoms with Gasteiger partial charge in [-0.3, -0.25) is 0 Å². The fraction of sp³-hybridized carbons (Fsp3) is 0.333. The number of alkyl halides is 1. The van der Waals surface area contributed by atoms with Crippen LogP contribution in [-0.2, 0) is 24.6 Å². The molecule has 1 aromatic carbocycles.